The van der Waals surface area contributed by atoms with Gasteiger partial charge in [0.05, 0.1) is 61.7 Å². The summed E-state index contributed by atoms with van der Waals surface area (Å²) in [5.41, 5.74) is -2.20. The van der Waals surface area contributed by atoms with Gasteiger partial charge in [0.2, 0.25) is 0 Å². The minimum Gasteiger partial charge on any atom is -0.507 e. The van der Waals surface area contributed by atoms with Gasteiger partial charge in [-0.2, -0.15) is 0 Å². The van der Waals surface area contributed by atoms with Crippen LogP contribution in [0.3, 0.4) is 0 Å². The highest BCUT2D eigenvalue weighted by atomic mass is 35.5. The van der Waals surface area contributed by atoms with Gasteiger partial charge in [0.1, 0.15) is 91.7 Å². The van der Waals surface area contributed by atoms with Crippen LogP contribution in [-0.2, 0) is 18.9 Å². The zero-order chi connectivity index (χ0) is 56.9. The van der Waals surface area contributed by atoms with Gasteiger partial charge in [-0.3, -0.25) is 14.5 Å². The molecule has 20 nitrogen and oxygen atoms in total. The summed E-state index contributed by atoms with van der Waals surface area (Å²) in [6.45, 7) is 16.1. The Hall–Kier alpha value is -6.46. The third-order valence-electron chi connectivity index (χ3n) is 14.9. The van der Waals surface area contributed by atoms with Crippen molar-refractivity contribution in [2.24, 2.45) is 0 Å². The molecule has 430 valence electrons. The average molecular weight is 1150 g/mol. The van der Waals surface area contributed by atoms with Crippen molar-refractivity contribution in [2.45, 2.75) is 96.7 Å². The van der Waals surface area contributed by atoms with Gasteiger partial charge in [-0.05, 0) is 78.6 Å². The lowest BCUT2D eigenvalue weighted by Gasteiger charge is -2.42. The van der Waals surface area contributed by atoms with E-state index in [1.165, 1.54) is 41.3 Å². The monoisotopic (exact) mass is 1150 g/mol. The van der Waals surface area contributed by atoms with E-state index in [1.54, 1.807) is 51.3 Å². The molecule has 4 saturated heterocycles. The van der Waals surface area contributed by atoms with E-state index in [9.17, 15) is 14.7 Å². The van der Waals surface area contributed by atoms with Crippen molar-refractivity contribution in [1.29, 1.82) is 0 Å². The van der Waals surface area contributed by atoms with E-state index < -0.39 is 59.1 Å². The molecule has 1 N–H and O–H groups in total. The molecule has 0 bridgehead atoms. The zero-order valence-corrected chi connectivity index (χ0v) is 47.3. The molecule has 10 rings (SSSR count). The number of carbonyl (C=O) groups excluding carboxylic acids is 4. The summed E-state index contributed by atoms with van der Waals surface area (Å²) in [7, 11) is 0. The predicted octanol–water partition coefficient (Wildman–Crippen LogP) is 8.30. The van der Waals surface area contributed by atoms with Gasteiger partial charge in [0, 0.05) is 58.9 Å². The first kappa shape index (κ1) is 56.8. The lowest BCUT2D eigenvalue weighted by atomic mass is 10.0. The van der Waals surface area contributed by atoms with E-state index in [4.69, 9.17) is 66.3 Å². The van der Waals surface area contributed by atoms with Crippen LogP contribution in [0.1, 0.15) is 82.0 Å². The first-order valence-electron chi connectivity index (χ1n) is 27.0. The second-order valence-electron chi connectivity index (χ2n) is 22.6. The number of anilines is 2. The number of aromatic hydroxyl groups is 1. The lowest BCUT2D eigenvalue weighted by molar-refractivity contribution is 0.000925. The minimum absolute atomic E-state index is 0.0362. The van der Waals surface area contributed by atoms with Crippen molar-refractivity contribution in [3.63, 3.8) is 0 Å². The van der Waals surface area contributed by atoms with Crippen LogP contribution in [0.2, 0.25) is 10.0 Å². The minimum atomic E-state index is -1.09. The number of hydrogen-bond donors (Lipinski definition) is 1. The second-order valence-corrected chi connectivity index (χ2v) is 23.4. The van der Waals surface area contributed by atoms with Crippen LogP contribution >= 0.6 is 23.2 Å². The predicted molar refractivity (Wildman–Crippen MR) is 292 cm³/mol. The molecule has 24 heteroatoms. The van der Waals surface area contributed by atoms with Gasteiger partial charge in [0.15, 0.2) is 11.5 Å². The van der Waals surface area contributed by atoms with Crippen LogP contribution in [0.4, 0.5) is 30.0 Å². The summed E-state index contributed by atoms with van der Waals surface area (Å²) in [5, 5.41) is 10.6. The number of halogens is 4. The molecule has 0 aliphatic carbocycles. The molecule has 0 radical (unpaired) electrons. The Bertz CT molecular complexity index is 3050. The van der Waals surface area contributed by atoms with Gasteiger partial charge in [-0.25, -0.2) is 28.3 Å². The Morgan fingerprint density at radius 1 is 0.675 bits per heavy atom. The summed E-state index contributed by atoms with van der Waals surface area (Å²) in [4.78, 5) is 77.6. The summed E-state index contributed by atoms with van der Waals surface area (Å²) in [5.74, 6) is -2.59. The number of aromatic nitrogens is 2. The molecular formula is C56H66Cl2F2N8O12. The maximum Gasteiger partial charge on any atom is 0.514 e. The van der Waals surface area contributed by atoms with Crippen molar-refractivity contribution in [3.8, 4) is 45.5 Å². The molecule has 4 aromatic rings. The molecule has 80 heavy (non-hydrogen) atoms. The number of morpholine rings is 2. The number of hydrogen-bond acceptors (Lipinski definition) is 17. The van der Waals surface area contributed by atoms with Gasteiger partial charge in [0.25, 0.3) is 11.8 Å². The van der Waals surface area contributed by atoms with E-state index in [2.05, 4.69) is 4.90 Å². The third kappa shape index (κ3) is 11.4. The highest BCUT2D eigenvalue weighted by Gasteiger charge is 2.45. The largest absolute Gasteiger partial charge is 0.514 e. The first-order chi connectivity index (χ1) is 38.1. The van der Waals surface area contributed by atoms with Crippen molar-refractivity contribution in [2.75, 3.05) is 108 Å². The molecule has 0 saturated carbocycles. The number of fused-ring (bicyclic) bond motifs is 4. The Balaban J connectivity index is 0.956. The van der Waals surface area contributed by atoms with Gasteiger partial charge in [-0.15, -0.1) is 0 Å². The van der Waals surface area contributed by atoms with E-state index in [0.717, 1.165) is 0 Å². The molecule has 4 atom stereocenters. The Labute approximate surface area is 472 Å². The summed E-state index contributed by atoms with van der Waals surface area (Å²) >= 11 is 14.3. The number of amides is 3. The number of carbonyl (C=O) groups is 4. The van der Waals surface area contributed by atoms with E-state index in [-0.39, 0.29) is 143 Å². The summed E-state index contributed by atoms with van der Waals surface area (Å²) in [6, 6.07) is 6.15. The van der Waals surface area contributed by atoms with Crippen LogP contribution in [0, 0.1) is 11.6 Å². The third-order valence-corrected chi connectivity index (χ3v) is 15.6. The molecule has 0 spiro atoms. The number of benzene rings is 2. The van der Waals surface area contributed by atoms with E-state index in [1.807, 2.05) is 16.7 Å². The quantitative estimate of drug-likeness (QED) is 0.124. The van der Waals surface area contributed by atoms with Crippen LogP contribution in [0.25, 0.3) is 22.5 Å². The molecule has 4 fully saturated rings. The Morgan fingerprint density at radius 3 is 1.80 bits per heavy atom. The number of piperazine rings is 2. The molecule has 0 unspecified atom stereocenters. The van der Waals surface area contributed by atoms with Crippen LogP contribution in [0.15, 0.2) is 36.4 Å². The van der Waals surface area contributed by atoms with Crippen molar-refractivity contribution in [3.05, 3.63) is 69.2 Å². The zero-order valence-electron chi connectivity index (χ0n) is 45.8. The fourth-order valence-electron chi connectivity index (χ4n) is 11.1. The fourth-order valence-corrected chi connectivity index (χ4v) is 11.7. The number of rotatable bonds is 9. The maximum absolute atomic E-state index is 16.5. The van der Waals surface area contributed by atoms with Gasteiger partial charge in [-0.1, -0.05) is 42.3 Å². The summed E-state index contributed by atoms with van der Waals surface area (Å²) < 4.78 is 73.8. The number of nitrogens with zero attached hydrogens (tertiary/aromatic N) is 8. The molecule has 6 aliphatic rings. The normalized spacial score (nSPS) is 21.8. The fraction of sp³-hybridized carbons (Fsp3) is 0.536. The number of pyridine rings is 2. The van der Waals surface area contributed by atoms with E-state index >= 15 is 18.4 Å². The molecular weight excluding hydrogens is 1090 g/mol. The Morgan fingerprint density at radius 2 is 1.21 bits per heavy atom. The molecule has 6 aliphatic heterocycles. The van der Waals surface area contributed by atoms with Crippen molar-refractivity contribution >= 4 is 58.9 Å². The standard InChI is InChI=1S/C56H66Cl2F2N8O12/c1-8-31-27-74-23-21-65(31)49-41-47(43(57)45(61-49)39-35(59)11-9-13-37(39)69)76-29-33-25-63(17-19-67(33)51(41)70)16-15-32-28-75-24-22-66(32)50-42-48(77-30-34-26-64(18-20-68(34)52(42)71)53(72)79-55(2,3)4)44(58)46(62-50)40-36(60)12-10-14-38(40)78-54(73)80-56(5,6)7/h9-14,31-34,69H,8,15-30H2,1-7H3/t31-,32-,33+,34+/m0/s1. The molecule has 3 amide bonds. The Kier molecular flexibility index (Phi) is 16.2. The maximum atomic E-state index is 16.5. The van der Waals surface area contributed by atoms with Gasteiger partial charge < -0.3 is 62.8 Å². The first-order valence-corrected chi connectivity index (χ1v) is 27.8. The van der Waals surface area contributed by atoms with Crippen molar-refractivity contribution in [1.82, 2.24) is 29.6 Å². The number of ether oxygens (including phenoxy) is 7. The molecule has 2 aromatic heterocycles. The highest BCUT2D eigenvalue weighted by Crippen LogP contribution is 2.49. The lowest BCUT2D eigenvalue weighted by Crippen LogP contribution is -2.58. The van der Waals surface area contributed by atoms with Crippen LogP contribution in [0.5, 0.6) is 23.0 Å². The van der Waals surface area contributed by atoms with Gasteiger partial charge >= 0.3 is 12.2 Å². The SMILES string of the molecule is CC[C@H]1COCCN1c1nc(-c2c(O)cccc2F)c(Cl)c2c1C(=O)N1CCN(CC[C@H]3COCCN3c3nc(-c4c(F)cccc4OC(=O)OC(C)(C)C)c(Cl)c4c3C(=O)N3CCN(C(=O)OC(C)(C)C)C[C@@H]3CO4)C[C@@H]1CO2. The second kappa shape index (κ2) is 22.8. The highest BCUT2D eigenvalue weighted by molar-refractivity contribution is 6.36. The van der Waals surface area contributed by atoms with Crippen molar-refractivity contribution < 1.29 is 66.2 Å². The summed E-state index contributed by atoms with van der Waals surface area (Å²) in [6.07, 6.45) is -0.507. The van der Waals surface area contributed by atoms with Crippen LogP contribution < -0.4 is 24.0 Å². The number of phenols is 1. The molecule has 2 aromatic carbocycles. The number of phenolic OH excluding ortho intramolecular Hbond substituents is 1. The topological polar surface area (TPSA) is 198 Å². The van der Waals surface area contributed by atoms with Crippen LogP contribution in [-0.4, -0.2) is 193 Å². The van der Waals surface area contributed by atoms with E-state index in [0.29, 0.717) is 58.8 Å². The molecule has 8 heterocycles. The average Bonchev–Trinajstić information content (AvgIpc) is 3.70. The smallest absolute Gasteiger partial charge is 0.507 e.